The largest absolute Gasteiger partial charge is 0.377 e. The Morgan fingerprint density at radius 2 is 2.19 bits per heavy atom. The van der Waals surface area contributed by atoms with Gasteiger partial charge in [0, 0.05) is 12.1 Å². The van der Waals surface area contributed by atoms with Crippen molar-refractivity contribution in [1.82, 2.24) is 4.90 Å². The lowest BCUT2D eigenvalue weighted by atomic mass is 10.1. The molecular weight excluding hydrogens is 202 g/mol. The molecule has 3 heteroatoms. The molecule has 1 unspecified atom stereocenters. The predicted octanol–water partition coefficient (Wildman–Crippen LogP) is 1.86. The van der Waals surface area contributed by atoms with E-state index in [4.69, 9.17) is 4.74 Å². The van der Waals surface area contributed by atoms with Crippen molar-refractivity contribution in [1.29, 1.82) is 0 Å². The van der Waals surface area contributed by atoms with Gasteiger partial charge in [-0.15, -0.1) is 0 Å². The van der Waals surface area contributed by atoms with E-state index in [2.05, 4.69) is 0 Å². The molecule has 1 heterocycles. The van der Waals surface area contributed by atoms with Crippen molar-refractivity contribution in [2.24, 2.45) is 0 Å². The zero-order chi connectivity index (χ0) is 11.5. The van der Waals surface area contributed by atoms with Crippen molar-refractivity contribution in [3.05, 3.63) is 35.4 Å². The molecule has 1 amide bonds. The number of amides is 1. The molecule has 0 spiro atoms. The van der Waals surface area contributed by atoms with Crippen LogP contribution in [-0.4, -0.2) is 36.6 Å². The van der Waals surface area contributed by atoms with E-state index >= 15 is 0 Å². The number of rotatable bonds is 1. The minimum Gasteiger partial charge on any atom is -0.377 e. The normalized spacial score (nSPS) is 20.9. The summed E-state index contributed by atoms with van der Waals surface area (Å²) in [4.78, 5) is 14.2. The maximum atomic E-state index is 12.3. The van der Waals surface area contributed by atoms with Crippen LogP contribution in [0.3, 0.4) is 0 Å². The Morgan fingerprint density at radius 1 is 1.44 bits per heavy atom. The van der Waals surface area contributed by atoms with E-state index < -0.39 is 0 Å². The fourth-order valence-electron chi connectivity index (χ4n) is 2.00. The quantitative estimate of drug-likeness (QED) is 0.721. The Labute approximate surface area is 96.0 Å². The van der Waals surface area contributed by atoms with E-state index in [1.54, 1.807) is 0 Å². The van der Waals surface area contributed by atoms with Gasteiger partial charge >= 0.3 is 0 Å². The molecule has 1 saturated heterocycles. The molecule has 1 aliphatic heterocycles. The van der Waals surface area contributed by atoms with Crippen LogP contribution in [0.25, 0.3) is 0 Å². The number of ether oxygens (including phenoxy) is 1. The van der Waals surface area contributed by atoms with Gasteiger partial charge in [-0.1, -0.05) is 18.2 Å². The first-order chi connectivity index (χ1) is 7.70. The van der Waals surface area contributed by atoms with E-state index in [0.29, 0.717) is 19.8 Å². The van der Waals surface area contributed by atoms with Gasteiger partial charge in [0.05, 0.1) is 19.3 Å². The van der Waals surface area contributed by atoms with Gasteiger partial charge in [0.1, 0.15) is 0 Å². The van der Waals surface area contributed by atoms with Crippen LogP contribution in [0.5, 0.6) is 0 Å². The highest BCUT2D eigenvalue weighted by molar-refractivity contribution is 5.95. The summed E-state index contributed by atoms with van der Waals surface area (Å²) in [6.07, 6.45) is 0. The topological polar surface area (TPSA) is 29.5 Å². The van der Waals surface area contributed by atoms with Crippen LogP contribution in [0, 0.1) is 6.92 Å². The highest BCUT2D eigenvalue weighted by Crippen LogP contribution is 2.14. The highest BCUT2D eigenvalue weighted by Gasteiger charge is 2.25. The van der Waals surface area contributed by atoms with Crippen LogP contribution in [-0.2, 0) is 4.74 Å². The molecule has 0 aliphatic carbocycles. The van der Waals surface area contributed by atoms with Gasteiger partial charge in [0.25, 0.3) is 5.91 Å². The standard InChI is InChI=1S/C13H17NO2/c1-10-5-3-4-6-12(10)13(15)14-7-8-16-9-11(14)2/h3-6,11H,7-9H2,1-2H3. The Kier molecular flexibility index (Phi) is 3.25. The molecule has 1 aromatic carbocycles. The SMILES string of the molecule is Cc1ccccc1C(=O)N1CCOCC1C. The zero-order valence-corrected chi connectivity index (χ0v) is 9.77. The number of morpholine rings is 1. The molecule has 1 aliphatic rings. The maximum absolute atomic E-state index is 12.3. The van der Waals surface area contributed by atoms with Gasteiger partial charge < -0.3 is 9.64 Å². The number of nitrogens with zero attached hydrogens (tertiary/aromatic N) is 1. The molecule has 3 nitrogen and oxygen atoms in total. The van der Waals surface area contributed by atoms with E-state index in [9.17, 15) is 4.79 Å². The maximum Gasteiger partial charge on any atom is 0.254 e. The van der Waals surface area contributed by atoms with Crippen LogP contribution in [0.15, 0.2) is 24.3 Å². The van der Waals surface area contributed by atoms with Crippen LogP contribution in [0.1, 0.15) is 22.8 Å². The second-order valence-electron chi connectivity index (χ2n) is 4.24. The summed E-state index contributed by atoms with van der Waals surface area (Å²) in [6.45, 7) is 5.96. The molecule has 1 fully saturated rings. The first kappa shape index (κ1) is 11.1. The van der Waals surface area contributed by atoms with Crippen molar-refractivity contribution in [2.75, 3.05) is 19.8 Å². The van der Waals surface area contributed by atoms with Gasteiger partial charge in [-0.25, -0.2) is 0 Å². The van der Waals surface area contributed by atoms with Crippen LogP contribution in [0.2, 0.25) is 0 Å². The molecule has 0 saturated carbocycles. The van der Waals surface area contributed by atoms with Crippen molar-refractivity contribution in [3.63, 3.8) is 0 Å². The number of carbonyl (C=O) groups is 1. The summed E-state index contributed by atoms with van der Waals surface area (Å²) >= 11 is 0. The third-order valence-corrected chi connectivity index (χ3v) is 3.00. The lowest BCUT2D eigenvalue weighted by molar-refractivity contribution is 0.00355. The number of hydrogen-bond donors (Lipinski definition) is 0. The summed E-state index contributed by atoms with van der Waals surface area (Å²) in [6, 6.07) is 7.89. The summed E-state index contributed by atoms with van der Waals surface area (Å²) in [5.74, 6) is 0.119. The summed E-state index contributed by atoms with van der Waals surface area (Å²) in [7, 11) is 0. The Bertz CT molecular complexity index is 389. The molecule has 0 bridgehead atoms. The minimum atomic E-state index is 0.119. The predicted molar refractivity (Wildman–Crippen MR) is 62.5 cm³/mol. The number of hydrogen-bond acceptors (Lipinski definition) is 2. The molecule has 86 valence electrons. The highest BCUT2D eigenvalue weighted by atomic mass is 16.5. The Morgan fingerprint density at radius 3 is 2.88 bits per heavy atom. The monoisotopic (exact) mass is 219 g/mol. The molecule has 16 heavy (non-hydrogen) atoms. The van der Waals surface area contributed by atoms with Crippen LogP contribution < -0.4 is 0 Å². The third-order valence-electron chi connectivity index (χ3n) is 3.00. The van der Waals surface area contributed by atoms with Crippen molar-refractivity contribution in [2.45, 2.75) is 19.9 Å². The summed E-state index contributed by atoms with van der Waals surface area (Å²) in [5, 5.41) is 0. The molecule has 1 atom stereocenters. The molecule has 0 radical (unpaired) electrons. The number of aryl methyl sites for hydroxylation is 1. The van der Waals surface area contributed by atoms with E-state index in [0.717, 1.165) is 11.1 Å². The minimum absolute atomic E-state index is 0.119. The molecule has 2 rings (SSSR count). The van der Waals surface area contributed by atoms with Crippen LogP contribution >= 0.6 is 0 Å². The fourth-order valence-corrected chi connectivity index (χ4v) is 2.00. The molecule has 0 aromatic heterocycles. The number of carbonyl (C=O) groups excluding carboxylic acids is 1. The second-order valence-corrected chi connectivity index (χ2v) is 4.24. The molecule has 1 aromatic rings. The average molecular weight is 219 g/mol. The first-order valence-electron chi connectivity index (χ1n) is 5.64. The average Bonchev–Trinajstić information content (AvgIpc) is 2.29. The van der Waals surface area contributed by atoms with Gasteiger partial charge in [-0.3, -0.25) is 4.79 Å². The Balaban J connectivity index is 2.21. The van der Waals surface area contributed by atoms with E-state index in [-0.39, 0.29) is 11.9 Å². The first-order valence-corrected chi connectivity index (χ1v) is 5.64. The third kappa shape index (κ3) is 2.09. The van der Waals surface area contributed by atoms with Crippen LogP contribution in [0.4, 0.5) is 0 Å². The van der Waals surface area contributed by atoms with E-state index in [1.807, 2.05) is 43.0 Å². The smallest absolute Gasteiger partial charge is 0.254 e. The lowest BCUT2D eigenvalue weighted by Gasteiger charge is -2.33. The summed E-state index contributed by atoms with van der Waals surface area (Å²) in [5.41, 5.74) is 1.84. The molecule has 0 N–H and O–H groups in total. The lowest BCUT2D eigenvalue weighted by Crippen LogP contribution is -2.47. The van der Waals surface area contributed by atoms with Gasteiger partial charge in [0.2, 0.25) is 0 Å². The fraction of sp³-hybridized carbons (Fsp3) is 0.462. The van der Waals surface area contributed by atoms with Crippen molar-refractivity contribution < 1.29 is 9.53 Å². The van der Waals surface area contributed by atoms with Crippen molar-refractivity contribution >= 4 is 5.91 Å². The van der Waals surface area contributed by atoms with Crippen molar-refractivity contribution in [3.8, 4) is 0 Å². The van der Waals surface area contributed by atoms with Gasteiger partial charge in [-0.2, -0.15) is 0 Å². The Hall–Kier alpha value is -1.35. The summed E-state index contributed by atoms with van der Waals surface area (Å²) < 4.78 is 5.33. The van der Waals surface area contributed by atoms with Gasteiger partial charge in [0.15, 0.2) is 0 Å². The zero-order valence-electron chi connectivity index (χ0n) is 9.77. The molecular formula is C13H17NO2. The number of benzene rings is 1. The van der Waals surface area contributed by atoms with Gasteiger partial charge in [-0.05, 0) is 25.5 Å². The second kappa shape index (κ2) is 4.66. The van der Waals surface area contributed by atoms with E-state index in [1.165, 1.54) is 0 Å².